The molecule has 158 valence electrons. The predicted molar refractivity (Wildman–Crippen MR) is 102 cm³/mol. The van der Waals surface area contributed by atoms with Crippen molar-refractivity contribution in [2.24, 2.45) is 0 Å². The van der Waals surface area contributed by atoms with E-state index < -0.39 is 17.8 Å². The van der Waals surface area contributed by atoms with Crippen molar-refractivity contribution in [3.8, 4) is 5.75 Å². The van der Waals surface area contributed by atoms with Gasteiger partial charge in [0, 0.05) is 5.56 Å². The highest BCUT2D eigenvalue weighted by Crippen LogP contribution is 2.39. The van der Waals surface area contributed by atoms with E-state index in [2.05, 4.69) is 4.74 Å². The number of carbonyl (C=O) groups excluding carboxylic acids is 1. The molecule has 0 aromatic heterocycles. The van der Waals surface area contributed by atoms with Gasteiger partial charge >= 0.3 is 12.3 Å². The van der Waals surface area contributed by atoms with Crippen LogP contribution in [0.25, 0.3) is 0 Å². The Kier molecular flexibility index (Phi) is 7.13. The summed E-state index contributed by atoms with van der Waals surface area (Å²) in [6.45, 7) is 5.10. The zero-order valence-electron chi connectivity index (χ0n) is 16.8. The molecule has 8 heteroatoms. The van der Waals surface area contributed by atoms with Gasteiger partial charge in [0.05, 0.1) is 18.4 Å². The smallest absolute Gasteiger partial charge is 0.438 e. The first-order valence-electron chi connectivity index (χ1n) is 9.15. The van der Waals surface area contributed by atoms with Gasteiger partial charge < -0.3 is 9.47 Å². The van der Waals surface area contributed by atoms with Crippen molar-refractivity contribution < 1.29 is 32.6 Å². The number of halogens is 3. The molecule has 0 heterocycles. The van der Waals surface area contributed by atoms with Gasteiger partial charge in [-0.3, -0.25) is 5.21 Å². The quantitative estimate of drug-likeness (QED) is 0.491. The normalized spacial score (nSPS) is 11.3. The lowest BCUT2D eigenvalue weighted by molar-refractivity contribution is -0.139. The van der Waals surface area contributed by atoms with Crippen LogP contribution in [0.2, 0.25) is 0 Å². The maximum Gasteiger partial charge on any atom is 0.438 e. The number of methoxy groups -OCH3 is 1. The first-order valence-corrected chi connectivity index (χ1v) is 9.15. The Hall–Kier alpha value is -2.74. The number of carbonyl (C=O) groups is 1. The molecule has 0 radical (unpaired) electrons. The number of benzene rings is 2. The Morgan fingerprint density at radius 1 is 1.14 bits per heavy atom. The number of ether oxygens (including phenoxy) is 2. The molecule has 0 saturated carbocycles. The third-order valence-corrected chi connectivity index (χ3v) is 4.70. The maximum atomic E-state index is 13.5. The largest absolute Gasteiger partial charge is 0.488 e. The molecular weight excluding hydrogens is 387 g/mol. The Morgan fingerprint density at radius 3 is 2.34 bits per heavy atom. The van der Waals surface area contributed by atoms with Gasteiger partial charge in [0.25, 0.3) is 0 Å². The van der Waals surface area contributed by atoms with Crippen LogP contribution >= 0.6 is 0 Å². The molecule has 0 fully saturated rings. The van der Waals surface area contributed by atoms with Crippen LogP contribution in [-0.4, -0.2) is 18.4 Å². The molecule has 29 heavy (non-hydrogen) atoms. The van der Waals surface area contributed by atoms with E-state index in [1.807, 2.05) is 6.92 Å². The van der Waals surface area contributed by atoms with E-state index in [1.165, 1.54) is 12.1 Å². The van der Waals surface area contributed by atoms with Gasteiger partial charge in [0.15, 0.2) is 0 Å². The lowest BCUT2D eigenvalue weighted by Gasteiger charge is -2.21. The molecule has 0 aliphatic rings. The summed E-state index contributed by atoms with van der Waals surface area (Å²) < 4.78 is 50.7. The fourth-order valence-electron chi connectivity index (χ4n) is 3.10. The van der Waals surface area contributed by atoms with Gasteiger partial charge in [0.1, 0.15) is 12.4 Å². The third-order valence-electron chi connectivity index (χ3n) is 4.70. The first-order chi connectivity index (χ1) is 13.6. The summed E-state index contributed by atoms with van der Waals surface area (Å²) in [5, 5.41) is 10.4. The van der Waals surface area contributed by atoms with Gasteiger partial charge in [-0.15, -0.1) is 0 Å². The number of hydroxylamine groups is 1. The van der Waals surface area contributed by atoms with Crippen LogP contribution in [0.15, 0.2) is 30.3 Å². The summed E-state index contributed by atoms with van der Waals surface area (Å²) in [6, 6.07) is 7.32. The molecular formula is C21H24F3NO4. The number of nitrogens with zero attached hydrogens (tertiary/aromatic N) is 1. The van der Waals surface area contributed by atoms with E-state index in [1.54, 1.807) is 26.0 Å². The Bertz CT molecular complexity index is 881. The molecule has 0 saturated heterocycles. The summed E-state index contributed by atoms with van der Waals surface area (Å²) in [5.74, 6) is -0.299. The molecule has 1 amide bonds. The highest BCUT2D eigenvalue weighted by atomic mass is 19.4. The van der Waals surface area contributed by atoms with Crippen LogP contribution in [0.5, 0.6) is 5.75 Å². The summed E-state index contributed by atoms with van der Waals surface area (Å²) >= 11 is 0. The van der Waals surface area contributed by atoms with E-state index >= 15 is 0 Å². The van der Waals surface area contributed by atoms with Gasteiger partial charge in [-0.2, -0.15) is 18.2 Å². The van der Waals surface area contributed by atoms with Crippen molar-refractivity contribution in [3.05, 3.63) is 58.1 Å². The van der Waals surface area contributed by atoms with E-state index in [0.717, 1.165) is 18.7 Å². The number of aryl methyl sites for hydroxylation is 3. The van der Waals surface area contributed by atoms with Gasteiger partial charge in [-0.1, -0.05) is 26.0 Å². The van der Waals surface area contributed by atoms with Crippen LogP contribution in [0.1, 0.15) is 41.7 Å². The number of anilines is 1. The van der Waals surface area contributed by atoms with Crippen LogP contribution in [0.4, 0.5) is 23.7 Å². The minimum Gasteiger partial charge on any atom is -0.488 e. The lowest BCUT2D eigenvalue weighted by atomic mass is 10.0. The number of hydrogen-bond acceptors (Lipinski definition) is 4. The number of hydrogen-bond donors (Lipinski definition) is 1. The molecule has 1 N–H and O–H groups in total. The van der Waals surface area contributed by atoms with Crippen molar-refractivity contribution in [1.29, 1.82) is 0 Å². The van der Waals surface area contributed by atoms with Crippen molar-refractivity contribution in [2.75, 3.05) is 12.2 Å². The minimum absolute atomic E-state index is 0.0895. The molecule has 2 aromatic rings. The average molecular weight is 411 g/mol. The molecule has 5 nitrogen and oxygen atoms in total. The number of alkyl halides is 3. The molecule has 0 bridgehead atoms. The zero-order valence-corrected chi connectivity index (χ0v) is 16.8. The third kappa shape index (κ3) is 5.00. The number of amides is 1. The van der Waals surface area contributed by atoms with Gasteiger partial charge in [-0.05, 0) is 54.7 Å². The Morgan fingerprint density at radius 2 is 1.79 bits per heavy atom. The van der Waals surface area contributed by atoms with Gasteiger partial charge in [-0.25, -0.2) is 4.79 Å². The molecule has 0 aliphatic carbocycles. The van der Waals surface area contributed by atoms with E-state index in [0.29, 0.717) is 34.6 Å². The molecule has 0 spiro atoms. The second-order valence-corrected chi connectivity index (χ2v) is 6.47. The number of rotatable bonds is 6. The van der Waals surface area contributed by atoms with E-state index in [9.17, 15) is 23.2 Å². The average Bonchev–Trinajstić information content (AvgIpc) is 2.69. The highest BCUT2D eigenvalue weighted by molar-refractivity contribution is 5.86. The monoisotopic (exact) mass is 411 g/mol. The fraction of sp³-hybridized carbons (Fsp3) is 0.381. The first kappa shape index (κ1) is 22.5. The van der Waals surface area contributed by atoms with Crippen LogP contribution in [0.3, 0.4) is 0 Å². The topological polar surface area (TPSA) is 59.0 Å². The predicted octanol–water partition coefficient (Wildman–Crippen LogP) is 5.68. The second kappa shape index (κ2) is 9.17. The highest BCUT2D eigenvalue weighted by Gasteiger charge is 2.35. The van der Waals surface area contributed by atoms with Crippen molar-refractivity contribution in [3.63, 3.8) is 0 Å². The van der Waals surface area contributed by atoms with Crippen molar-refractivity contribution in [2.45, 2.75) is 46.4 Å². The molecule has 0 atom stereocenters. The molecule has 2 rings (SSSR count). The van der Waals surface area contributed by atoms with E-state index in [4.69, 9.17) is 4.74 Å². The Labute approximate surface area is 167 Å². The van der Waals surface area contributed by atoms with Crippen molar-refractivity contribution >= 4 is 11.8 Å². The van der Waals surface area contributed by atoms with Gasteiger partial charge in [0.2, 0.25) is 0 Å². The summed E-state index contributed by atoms with van der Waals surface area (Å²) in [5.41, 5.74) is 1.63. The fourth-order valence-corrected chi connectivity index (χ4v) is 3.10. The molecule has 2 aromatic carbocycles. The standard InChI is InChI=1S/C21H24F3NO4/c1-5-14-8-7-9-18(25(27)20(26)28-4)16(14)12-29-19-10-13(3)15(6-2)11-17(19)21(22,23)24/h7-11,27H,5-6,12H2,1-4H3. The molecule has 0 aliphatic heterocycles. The molecule has 0 unspecified atom stereocenters. The van der Waals surface area contributed by atoms with Crippen molar-refractivity contribution in [1.82, 2.24) is 0 Å². The Balaban J connectivity index is 2.46. The zero-order chi connectivity index (χ0) is 21.8. The van der Waals surface area contributed by atoms with Crippen LogP contribution in [-0.2, 0) is 30.4 Å². The summed E-state index contributed by atoms with van der Waals surface area (Å²) in [4.78, 5) is 11.7. The SMILES string of the molecule is CCc1cc(C(F)(F)F)c(OCc2c(CC)cccc2N(O)C(=O)OC)cc1C. The second-order valence-electron chi connectivity index (χ2n) is 6.47. The van der Waals surface area contributed by atoms with Crippen LogP contribution in [0, 0.1) is 6.92 Å². The maximum absolute atomic E-state index is 13.5. The minimum atomic E-state index is -4.57. The summed E-state index contributed by atoms with van der Waals surface area (Å²) in [6.07, 6.45) is -4.59. The van der Waals surface area contributed by atoms with E-state index in [-0.39, 0.29) is 18.0 Å². The van der Waals surface area contributed by atoms with Crippen LogP contribution < -0.4 is 9.80 Å². The summed E-state index contributed by atoms with van der Waals surface area (Å²) in [7, 11) is 1.11. The lowest BCUT2D eigenvalue weighted by Crippen LogP contribution is -2.28.